The molecule has 3 N–H and O–H groups in total. The Bertz CT molecular complexity index is 1270. The van der Waals surface area contributed by atoms with Crippen molar-refractivity contribution >= 4 is 41.4 Å². The highest BCUT2D eigenvalue weighted by Crippen LogP contribution is 2.33. The fourth-order valence-electron chi connectivity index (χ4n) is 4.09. The molecule has 9 heteroatoms. The molecule has 0 spiro atoms. The highest BCUT2D eigenvalue weighted by molar-refractivity contribution is 6.35. The number of ether oxygens (including phenoxy) is 1. The van der Waals surface area contributed by atoms with Gasteiger partial charge in [0.05, 0.1) is 26.0 Å². The Morgan fingerprint density at radius 2 is 1.81 bits per heavy atom. The summed E-state index contributed by atoms with van der Waals surface area (Å²) >= 11 is 12.5. The van der Waals surface area contributed by atoms with Crippen molar-refractivity contribution in [1.82, 2.24) is 10.2 Å². The minimum Gasteiger partial charge on any atom is -0.497 e. The Labute approximate surface area is 220 Å². The number of nitrogens with two attached hydrogens (primary N) is 1. The van der Waals surface area contributed by atoms with E-state index in [0.29, 0.717) is 29.1 Å². The van der Waals surface area contributed by atoms with E-state index >= 15 is 0 Å². The summed E-state index contributed by atoms with van der Waals surface area (Å²) in [5, 5.41) is 4.02. The third-order valence-electron chi connectivity index (χ3n) is 5.76. The van der Waals surface area contributed by atoms with Gasteiger partial charge in [-0.1, -0.05) is 53.5 Å². The number of nitrogens with one attached hydrogen (secondary N) is 1. The van der Waals surface area contributed by atoms with Crippen molar-refractivity contribution in [3.8, 4) is 16.9 Å². The third kappa shape index (κ3) is 6.36. The van der Waals surface area contributed by atoms with Crippen molar-refractivity contribution in [3.05, 3.63) is 87.9 Å². The standard InChI is InChI=1S/C27H27Cl2N5O2/c1-17(35)32-24-14-31-16-34(15-24)27(30)33-26(18-6-8-25(36-2)9-7-18)20-5-3-4-19(10-20)21-11-22(28)13-23(29)12-21/h3-13,16,24,26H,14-15H2,1-2H3,(H2,30,33)(H,32,35). The molecule has 0 aromatic heterocycles. The van der Waals surface area contributed by atoms with Gasteiger partial charge in [-0.15, -0.1) is 0 Å². The molecule has 0 saturated carbocycles. The Balaban J connectivity index is 1.72. The van der Waals surface area contributed by atoms with E-state index in [2.05, 4.69) is 16.4 Å². The van der Waals surface area contributed by atoms with E-state index in [1.54, 1.807) is 24.4 Å². The molecule has 1 amide bonds. The number of guanidine groups is 1. The van der Waals surface area contributed by atoms with E-state index in [1.807, 2.05) is 54.6 Å². The van der Waals surface area contributed by atoms with Gasteiger partial charge in [0, 0.05) is 23.5 Å². The SMILES string of the molecule is COc1ccc(C(N=C(N)N2C=NCC(NC(C)=O)C2)c2cccc(-c3cc(Cl)cc(Cl)c3)c2)cc1. The van der Waals surface area contributed by atoms with Crippen molar-refractivity contribution in [1.29, 1.82) is 0 Å². The Hall–Kier alpha value is -3.55. The van der Waals surface area contributed by atoms with Crippen LogP contribution in [0.3, 0.4) is 0 Å². The molecule has 2 atom stereocenters. The summed E-state index contributed by atoms with van der Waals surface area (Å²) in [6.07, 6.45) is 1.66. The molecule has 0 fully saturated rings. The molecule has 186 valence electrons. The highest BCUT2D eigenvalue weighted by Gasteiger charge is 2.22. The highest BCUT2D eigenvalue weighted by atomic mass is 35.5. The fraction of sp³-hybridized carbons (Fsp3) is 0.222. The number of hydrogen-bond acceptors (Lipinski definition) is 4. The van der Waals surface area contributed by atoms with E-state index < -0.39 is 6.04 Å². The second-order valence-electron chi connectivity index (χ2n) is 8.48. The summed E-state index contributed by atoms with van der Waals surface area (Å²) in [5.41, 5.74) is 10.2. The number of carbonyl (C=O) groups is 1. The van der Waals surface area contributed by atoms with Gasteiger partial charge in [0.15, 0.2) is 5.96 Å². The summed E-state index contributed by atoms with van der Waals surface area (Å²) in [5.74, 6) is 0.936. The van der Waals surface area contributed by atoms with Crippen LogP contribution in [-0.4, -0.2) is 49.3 Å². The molecule has 1 heterocycles. The predicted octanol–water partition coefficient (Wildman–Crippen LogP) is 4.92. The molecule has 1 aliphatic rings. The van der Waals surface area contributed by atoms with Gasteiger partial charge in [-0.05, 0) is 58.7 Å². The first-order valence-corrected chi connectivity index (χ1v) is 12.2. The van der Waals surface area contributed by atoms with Gasteiger partial charge in [-0.3, -0.25) is 9.79 Å². The van der Waals surface area contributed by atoms with Crippen LogP contribution in [0.5, 0.6) is 5.75 Å². The van der Waals surface area contributed by atoms with Crippen LogP contribution in [0.25, 0.3) is 11.1 Å². The van der Waals surface area contributed by atoms with Crippen LogP contribution < -0.4 is 15.8 Å². The number of hydrogen-bond donors (Lipinski definition) is 2. The van der Waals surface area contributed by atoms with Gasteiger partial charge >= 0.3 is 0 Å². The number of benzene rings is 3. The third-order valence-corrected chi connectivity index (χ3v) is 6.19. The zero-order valence-electron chi connectivity index (χ0n) is 20.0. The maximum atomic E-state index is 11.5. The number of nitrogens with zero attached hydrogens (tertiary/aromatic N) is 3. The molecule has 2 unspecified atom stereocenters. The average molecular weight is 524 g/mol. The molecule has 3 aromatic rings. The van der Waals surface area contributed by atoms with Crippen LogP contribution >= 0.6 is 23.2 Å². The molecule has 4 rings (SSSR count). The minimum atomic E-state index is -0.403. The summed E-state index contributed by atoms with van der Waals surface area (Å²) in [6, 6.07) is 20.7. The largest absolute Gasteiger partial charge is 0.497 e. The van der Waals surface area contributed by atoms with E-state index in [9.17, 15) is 4.79 Å². The number of halogens is 2. The maximum absolute atomic E-state index is 11.5. The molecule has 7 nitrogen and oxygen atoms in total. The summed E-state index contributed by atoms with van der Waals surface area (Å²) in [6.45, 7) is 2.46. The predicted molar refractivity (Wildman–Crippen MR) is 146 cm³/mol. The lowest BCUT2D eigenvalue weighted by Gasteiger charge is -2.29. The molecule has 0 aliphatic carbocycles. The van der Waals surface area contributed by atoms with Crippen molar-refractivity contribution < 1.29 is 9.53 Å². The van der Waals surface area contributed by atoms with Gasteiger partial charge in [0.25, 0.3) is 0 Å². The van der Waals surface area contributed by atoms with Gasteiger partial charge in [0.2, 0.25) is 5.91 Å². The number of methoxy groups -OCH3 is 1. The average Bonchev–Trinajstić information content (AvgIpc) is 2.86. The quantitative estimate of drug-likeness (QED) is 0.354. The van der Waals surface area contributed by atoms with Crippen molar-refractivity contribution in [3.63, 3.8) is 0 Å². The van der Waals surface area contributed by atoms with Crippen molar-refractivity contribution in [2.75, 3.05) is 20.2 Å². The molecule has 36 heavy (non-hydrogen) atoms. The Kier molecular flexibility index (Phi) is 8.13. The minimum absolute atomic E-state index is 0.110. The molecular formula is C27H27Cl2N5O2. The van der Waals surface area contributed by atoms with Crippen LogP contribution in [-0.2, 0) is 4.79 Å². The summed E-state index contributed by atoms with van der Waals surface area (Å²) < 4.78 is 5.33. The van der Waals surface area contributed by atoms with Crippen molar-refractivity contribution in [2.24, 2.45) is 15.7 Å². The molecular weight excluding hydrogens is 497 g/mol. The Morgan fingerprint density at radius 1 is 1.08 bits per heavy atom. The van der Waals surface area contributed by atoms with Gasteiger partial charge in [0.1, 0.15) is 11.8 Å². The molecule has 0 radical (unpaired) electrons. The maximum Gasteiger partial charge on any atom is 0.217 e. The molecule has 0 bridgehead atoms. The lowest BCUT2D eigenvalue weighted by molar-refractivity contribution is -0.119. The zero-order chi connectivity index (χ0) is 25.7. The second-order valence-corrected chi connectivity index (χ2v) is 9.35. The van der Waals surface area contributed by atoms with E-state index in [4.69, 9.17) is 38.7 Å². The Morgan fingerprint density at radius 3 is 2.47 bits per heavy atom. The van der Waals surface area contributed by atoms with Gasteiger partial charge < -0.3 is 20.7 Å². The van der Waals surface area contributed by atoms with Crippen LogP contribution in [0, 0.1) is 0 Å². The van der Waals surface area contributed by atoms with Crippen molar-refractivity contribution in [2.45, 2.75) is 19.0 Å². The van der Waals surface area contributed by atoms with E-state index in [0.717, 1.165) is 28.0 Å². The molecule has 0 saturated heterocycles. The summed E-state index contributed by atoms with van der Waals surface area (Å²) in [4.78, 5) is 22.5. The lowest BCUT2D eigenvalue weighted by atomic mass is 9.95. The first-order chi connectivity index (χ1) is 17.3. The number of rotatable bonds is 6. The summed E-state index contributed by atoms with van der Waals surface area (Å²) in [7, 11) is 1.63. The van der Waals surface area contributed by atoms with Gasteiger partial charge in [-0.2, -0.15) is 0 Å². The van der Waals surface area contributed by atoms with Crippen LogP contribution in [0.4, 0.5) is 0 Å². The smallest absolute Gasteiger partial charge is 0.217 e. The fourth-order valence-corrected chi connectivity index (χ4v) is 4.62. The normalized spacial score (nSPS) is 16.5. The topological polar surface area (TPSA) is 92.3 Å². The number of aliphatic imine (C=N–C) groups is 2. The van der Waals surface area contributed by atoms with Crippen LogP contribution in [0.15, 0.2) is 76.7 Å². The lowest BCUT2D eigenvalue weighted by Crippen LogP contribution is -2.51. The van der Waals surface area contributed by atoms with Crippen LogP contribution in [0.2, 0.25) is 10.0 Å². The molecule has 1 aliphatic heterocycles. The van der Waals surface area contributed by atoms with E-state index in [-0.39, 0.29) is 11.9 Å². The monoisotopic (exact) mass is 523 g/mol. The first kappa shape index (κ1) is 25.5. The second kappa shape index (κ2) is 11.5. The van der Waals surface area contributed by atoms with E-state index in [1.165, 1.54) is 6.92 Å². The zero-order valence-corrected chi connectivity index (χ0v) is 21.5. The number of amides is 1. The number of carbonyl (C=O) groups excluding carboxylic acids is 1. The first-order valence-electron chi connectivity index (χ1n) is 11.4. The van der Waals surface area contributed by atoms with Gasteiger partial charge in [-0.25, -0.2) is 4.99 Å². The molecule has 3 aromatic carbocycles. The van der Waals surface area contributed by atoms with Crippen LogP contribution in [0.1, 0.15) is 24.1 Å².